The summed E-state index contributed by atoms with van der Waals surface area (Å²) in [5.41, 5.74) is 1.74. The highest BCUT2D eigenvalue weighted by Crippen LogP contribution is 2.36. The zero-order valence-corrected chi connectivity index (χ0v) is 15.7. The second-order valence-corrected chi connectivity index (χ2v) is 7.74. The number of carbonyl (C=O) groups is 2. The van der Waals surface area contributed by atoms with Crippen molar-refractivity contribution in [2.75, 3.05) is 11.9 Å². The Balaban J connectivity index is 1.38. The fraction of sp³-hybridized carbons (Fsp3) is 0.286. The van der Waals surface area contributed by atoms with Crippen LogP contribution in [0.1, 0.15) is 36.7 Å². The Bertz CT molecular complexity index is 921. The Morgan fingerprint density at radius 2 is 1.85 bits per heavy atom. The van der Waals surface area contributed by atoms with E-state index in [1.54, 1.807) is 11.3 Å². The molecule has 1 N–H and O–H groups in total. The minimum Gasteiger partial charge on any atom is -0.333 e. The molecule has 138 valence electrons. The first kappa shape index (κ1) is 17.7. The molecule has 2 heterocycles. The molecule has 4 rings (SSSR count). The molecule has 0 bridgehead atoms. The van der Waals surface area contributed by atoms with Crippen LogP contribution in [0.3, 0.4) is 0 Å². The fourth-order valence-electron chi connectivity index (χ4n) is 3.46. The predicted molar refractivity (Wildman–Crippen MR) is 108 cm³/mol. The van der Waals surface area contributed by atoms with Gasteiger partial charge in [0.15, 0.2) is 0 Å². The maximum Gasteiger partial charge on any atom is 0.224 e. The predicted octanol–water partition coefficient (Wildman–Crippen LogP) is 4.38. The minimum atomic E-state index is -0.134. The lowest BCUT2D eigenvalue weighted by atomic mass is 10.2. The first-order valence-corrected chi connectivity index (χ1v) is 10.0. The smallest absolute Gasteiger partial charge is 0.224 e. The first-order chi connectivity index (χ1) is 13.2. The first-order valence-electron chi connectivity index (χ1n) is 9.20. The highest BCUT2D eigenvalue weighted by atomic mass is 32.1. The van der Waals surface area contributed by atoms with Gasteiger partial charge in [0.2, 0.25) is 11.8 Å². The molecule has 2 aromatic carbocycles. The van der Waals surface area contributed by atoms with Gasteiger partial charge in [-0.15, -0.1) is 11.3 Å². The maximum absolute atomic E-state index is 12.7. The Morgan fingerprint density at radius 1 is 1.07 bits per heavy atom. The molecule has 1 aliphatic rings. The summed E-state index contributed by atoms with van der Waals surface area (Å²) in [6.45, 7) is 0.736. The third-order valence-corrected chi connectivity index (χ3v) is 5.93. The highest BCUT2D eigenvalue weighted by Gasteiger charge is 2.32. The van der Waals surface area contributed by atoms with E-state index in [-0.39, 0.29) is 30.7 Å². The molecule has 27 heavy (non-hydrogen) atoms. The molecule has 1 aromatic heterocycles. The van der Waals surface area contributed by atoms with Crippen LogP contribution < -0.4 is 5.32 Å². The standard InChI is InChI=1S/C21H21N3O2S/c25-19(22-15-7-2-1-3-8-15)12-13-20(26)24-14-6-10-17(24)21-23-16-9-4-5-11-18(16)27-21/h1-5,7-9,11,17H,6,10,12-14H2,(H,22,25)/t17-/m1/s1. The van der Waals surface area contributed by atoms with Crippen LogP contribution in [0.4, 0.5) is 5.69 Å². The van der Waals surface area contributed by atoms with Crippen LogP contribution in [0.5, 0.6) is 0 Å². The number of nitrogens with zero attached hydrogens (tertiary/aromatic N) is 2. The lowest BCUT2D eigenvalue weighted by Gasteiger charge is -2.23. The molecular formula is C21H21N3O2S. The summed E-state index contributed by atoms with van der Waals surface area (Å²) >= 11 is 1.66. The SMILES string of the molecule is O=C(CCC(=O)N1CCC[C@@H]1c1nc2ccccc2s1)Nc1ccccc1. The Morgan fingerprint density at radius 3 is 2.67 bits per heavy atom. The lowest BCUT2D eigenvalue weighted by molar-refractivity contribution is -0.133. The molecule has 0 radical (unpaired) electrons. The third-order valence-electron chi connectivity index (χ3n) is 4.79. The van der Waals surface area contributed by atoms with Crippen molar-refractivity contribution < 1.29 is 9.59 Å². The molecule has 3 aromatic rings. The summed E-state index contributed by atoms with van der Waals surface area (Å²) in [6, 6.07) is 17.4. The number of hydrogen-bond acceptors (Lipinski definition) is 4. The van der Waals surface area contributed by atoms with Gasteiger partial charge in [0.25, 0.3) is 0 Å². The molecule has 2 amide bonds. The number of hydrogen-bond donors (Lipinski definition) is 1. The third kappa shape index (κ3) is 4.01. The number of anilines is 1. The van der Waals surface area contributed by atoms with Crippen LogP contribution in [0.15, 0.2) is 54.6 Å². The zero-order valence-electron chi connectivity index (χ0n) is 14.9. The van der Waals surface area contributed by atoms with Crippen molar-refractivity contribution in [1.29, 1.82) is 0 Å². The molecule has 0 saturated carbocycles. The quantitative estimate of drug-likeness (QED) is 0.716. The van der Waals surface area contributed by atoms with E-state index < -0.39 is 0 Å². The molecule has 0 aliphatic carbocycles. The number of aromatic nitrogens is 1. The maximum atomic E-state index is 12.7. The monoisotopic (exact) mass is 379 g/mol. The zero-order chi connectivity index (χ0) is 18.6. The lowest BCUT2D eigenvalue weighted by Crippen LogP contribution is -2.31. The van der Waals surface area contributed by atoms with Crippen LogP contribution in [0.25, 0.3) is 10.2 Å². The van der Waals surface area contributed by atoms with E-state index >= 15 is 0 Å². The topological polar surface area (TPSA) is 62.3 Å². The van der Waals surface area contributed by atoms with Crippen molar-refractivity contribution in [3.05, 3.63) is 59.6 Å². The van der Waals surface area contributed by atoms with Gasteiger partial charge in [-0.3, -0.25) is 9.59 Å². The van der Waals surface area contributed by atoms with Crippen LogP contribution in [0, 0.1) is 0 Å². The van der Waals surface area contributed by atoms with E-state index in [9.17, 15) is 9.59 Å². The molecule has 5 nitrogen and oxygen atoms in total. The summed E-state index contributed by atoms with van der Waals surface area (Å²) in [5, 5.41) is 3.82. The number of benzene rings is 2. The molecule has 1 fully saturated rings. The van der Waals surface area contributed by atoms with Crippen molar-refractivity contribution in [2.24, 2.45) is 0 Å². The summed E-state index contributed by atoms with van der Waals surface area (Å²) in [5.74, 6) is -0.106. The Labute approximate surface area is 162 Å². The van der Waals surface area contributed by atoms with Crippen molar-refractivity contribution in [2.45, 2.75) is 31.7 Å². The molecule has 1 aliphatic heterocycles. The van der Waals surface area contributed by atoms with Crippen molar-refractivity contribution in [3.8, 4) is 0 Å². The largest absolute Gasteiger partial charge is 0.333 e. The van der Waals surface area contributed by atoms with Gasteiger partial charge < -0.3 is 10.2 Å². The Hall–Kier alpha value is -2.73. The van der Waals surface area contributed by atoms with Gasteiger partial charge in [0.05, 0.1) is 16.3 Å². The summed E-state index contributed by atoms with van der Waals surface area (Å²) in [6.07, 6.45) is 2.32. The number of likely N-dealkylation sites (tertiary alicyclic amines) is 1. The van der Waals surface area contributed by atoms with Crippen LogP contribution in [-0.4, -0.2) is 28.2 Å². The molecule has 0 unspecified atom stereocenters. The summed E-state index contributed by atoms with van der Waals surface area (Å²) in [4.78, 5) is 31.5. The van der Waals surface area contributed by atoms with Crippen LogP contribution in [0.2, 0.25) is 0 Å². The Kier molecular flexibility index (Phi) is 5.16. The molecule has 0 spiro atoms. The van der Waals surface area contributed by atoms with Crippen LogP contribution in [-0.2, 0) is 9.59 Å². The molecule has 1 saturated heterocycles. The van der Waals surface area contributed by atoms with Crippen molar-refractivity contribution >= 4 is 39.1 Å². The van der Waals surface area contributed by atoms with E-state index in [0.717, 1.165) is 40.3 Å². The number of carbonyl (C=O) groups excluding carboxylic acids is 2. The summed E-state index contributed by atoms with van der Waals surface area (Å²) in [7, 11) is 0. The molecule has 6 heteroatoms. The average Bonchev–Trinajstić information content (AvgIpc) is 3.33. The second-order valence-electron chi connectivity index (χ2n) is 6.68. The van der Waals surface area contributed by atoms with Gasteiger partial charge in [0, 0.05) is 25.1 Å². The number of rotatable bonds is 5. The summed E-state index contributed by atoms with van der Waals surface area (Å²) < 4.78 is 1.15. The number of fused-ring (bicyclic) bond motifs is 1. The van der Waals surface area contributed by atoms with E-state index in [0.29, 0.717) is 0 Å². The van der Waals surface area contributed by atoms with E-state index in [1.807, 2.05) is 53.4 Å². The van der Waals surface area contributed by atoms with Gasteiger partial charge in [-0.05, 0) is 37.1 Å². The van der Waals surface area contributed by atoms with E-state index in [4.69, 9.17) is 4.98 Å². The minimum absolute atomic E-state index is 0.0277. The van der Waals surface area contributed by atoms with Gasteiger partial charge in [-0.1, -0.05) is 30.3 Å². The average molecular weight is 379 g/mol. The molecular weight excluding hydrogens is 358 g/mol. The number of amides is 2. The van der Waals surface area contributed by atoms with Crippen molar-refractivity contribution in [1.82, 2.24) is 9.88 Å². The van der Waals surface area contributed by atoms with E-state index in [1.165, 1.54) is 0 Å². The van der Waals surface area contributed by atoms with E-state index in [2.05, 4.69) is 11.4 Å². The normalized spacial score (nSPS) is 16.6. The van der Waals surface area contributed by atoms with Crippen LogP contribution >= 0.6 is 11.3 Å². The second kappa shape index (κ2) is 7.88. The number of para-hydroxylation sites is 2. The fourth-order valence-corrected chi connectivity index (χ4v) is 4.58. The molecule has 1 atom stereocenters. The van der Waals surface area contributed by atoms with Gasteiger partial charge in [-0.25, -0.2) is 4.98 Å². The number of nitrogens with one attached hydrogen (secondary N) is 1. The van der Waals surface area contributed by atoms with Gasteiger partial charge in [-0.2, -0.15) is 0 Å². The van der Waals surface area contributed by atoms with Gasteiger partial charge >= 0.3 is 0 Å². The van der Waals surface area contributed by atoms with Gasteiger partial charge in [0.1, 0.15) is 5.01 Å². The van der Waals surface area contributed by atoms with Crippen molar-refractivity contribution in [3.63, 3.8) is 0 Å². The number of thiazole rings is 1. The highest BCUT2D eigenvalue weighted by molar-refractivity contribution is 7.18.